The molecule has 0 aliphatic rings. The fourth-order valence-electron chi connectivity index (χ4n) is 3.18. The summed E-state index contributed by atoms with van der Waals surface area (Å²) in [5.41, 5.74) is 3.25. The molecule has 3 aromatic rings. The van der Waals surface area contributed by atoms with E-state index in [9.17, 15) is 13.2 Å². The first kappa shape index (κ1) is 22.4. The Kier molecular flexibility index (Phi) is 6.65. The number of hydrogen-bond acceptors (Lipinski definition) is 4. The van der Waals surface area contributed by atoms with Gasteiger partial charge in [-0.1, -0.05) is 42.0 Å². The molecule has 2 N–H and O–H groups in total. The number of rotatable bonds is 7. The van der Waals surface area contributed by atoms with Crippen molar-refractivity contribution in [2.45, 2.75) is 31.7 Å². The molecule has 0 saturated carbocycles. The molecule has 3 rings (SSSR count). The van der Waals surface area contributed by atoms with Gasteiger partial charge in [0.1, 0.15) is 5.75 Å². The van der Waals surface area contributed by atoms with E-state index in [1.54, 1.807) is 56.5 Å². The zero-order valence-corrected chi connectivity index (χ0v) is 18.8. The van der Waals surface area contributed by atoms with Crippen molar-refractivity contribution in [1.29, 1.82) is 0 Å². The third-order valence-electron chi connectivity index (χ3n) is 5.03. The minimum absolute atomic E-state index is 0.164. The minimum atomic E-state index is -3.77. The molecule has 0 spiro atoms. The molecule has 0 aromatic heterocycles. The first-order valence-electron chi connectivity index (χ1n) is 9.85. The van der Waals surface area contributed by atoms with Crippen LogP contribution in [0.3, 0.4) is 0 Å². The standard InChI is InChI=1S/C24H26N2O4S/c1-16-9-13-20(14-10-16)31(28,29)26-22-15-19(12-11-17(22)2)24(27)25-18(3)21-7-5-6-8-23(21)30-4/h5-15,18,26H,1-4H3,(H,25,27). The molecule has 6 nitrogen and oxygen atoms in total. The number of methoxy groups -OCH3 is 1. The van der Waals surface area contributed by atoms with E-state index >= 15 is 0 Å². The maximum absolute atomic E-state index is 12.8. The lowest BCUT2D eigenvalue weighted by Crippen LogP contribution is -2.27. The number of aryl methyl sites for hydroxylation is 2. The molecule has 0 heterocycles. The molecule has 162 valence electrons. The average molecular weight is 439 g/mol. The summed E-state index contributed by atoms with van der Waals surface area (Å²) in [7, 11) is -2.19. The van der Waals surface area contributed by atoms with Crippen molar-refractivity contribution in [1.82, 2.24) is 5.32 Å². The summed E-state index contributed by atoms with van der Waals surface area (Å²) in [4.78, 5) is 13.0. The van der Waals surface area contributed by atoms with Crippen molar-refractivity contribution in [3.05, 3.63) is 89.0 Å². The van der Waals surface area contributed by atoms with E-state index in [0.29, 0.717) is 22.6 Å². The summed E-state index contributed by atoms with van der Waals surface area (Å²) >= 11 is 0. The van der Waals surface area contributed by atoms with Crippen molar-refractivity contribution in [3.8, 4) is 5.75 Å². The summed E-state index contributed by atoms with van der Waals surface area (Å²) in [6.07, 6.45) is 0. The van der Waals surface area contributed by atoms with Crippen LogP contribution in [0.4, 0.5) is 5.69 Å². The van der Waals surface area contributed by atoms with Crippen LogP contribution in [0.1, 0.15) is 40.0 Å². The number of anilines is 1. The topological polar surface area (TPSA) is 84.5 Å². The van der Waals surface area contributed by atoms with Gasteiger partial charge in [0.05, 0.1) is 23.7 Å². The van der Waals surface area contributed by atoms with Gasteiger partial charge in [0.2, 0.25) is 0 Å². The van der Waals surface area contributed by atoms with Crippen LogP contribution in [-0.4, -0.2) is 21.4 Å². The van der Waals surface area contributed by atoms with Crippen LogP contribution >= 0.6 is 0 Å². The molecule has 0 aliphatic carbocycles. The molecule has 3 aromatic carbocycles. The van der Waals surface area contributed by atoms with Crippen LogP contribution in [0.15, 0.2) is 71.6 Å². The molecule has 0 fully saturated rings. The number of carbonyl (C=O) groups is 1. The normalized spacial score (nSPS) is 12.1. The van der Waals surface area contributed by atoms with Gasteiger partial charge in [-0.15, -0.1) is 0 Å². The van der Waals surface area contributed by atoms with Crippen molar-refractivity contribution >= 4 is 21.6 Å². The van der Waals surface area contributed by atoms with Gasteiger partial charge in [0.25, 0.3) is 15.9 Å². The van der Waals surface area contributed by atoms with Gasteiger partial charge >= 0.3 is 0 Å². The first-order chi connectivity index (χ1) is 14.7. The number of carbonyl (C=O) groups excluding carboxylic acids is 1. The van der Waals surface area contributed by atoms with Crippen molar-refractivity contribution in [3.63, 3.8) is 0 Å². The third-order valence-corrected chi connectivity index (χ3v) is 6.41. The van der Waals surface area contributed by atoms with Gasteiger partial charge in [0.15, 0.2) is 0 Å². The van der Waals surface area contributed by atoms with E-state index in [1.807, 2.05) is 38.1 Å². The maximum Gasteiger partial charge on any atom is 0.261 e. The Balaban J connectivity index is 1.81. The minimum Gasteiger partial charge on any atom is -0.496 e. The lowest BCUT2D eigenvalue weighted by molar-refractivity contribution is 0.0939. The zero-order valence-electron chi connectivity index (χ0n) is 18.0. The van der Waals surface area contributed by atoms with Gasteiger partial charge in [-0.2, -0.15) is 0 Å². The number of benzene rings is 3. The van der Waals surface area contributed by atoms with Crippen LogP contribution in [0.2, 0.25) is 0 Å². The molecule has 0 radical (unpaired) electrons. The molecule has 7 heteroatoms. The second-order valence-corrected chi connectivity index (χ2v) is 9.07. The summed E-state index contributed by atoms with van der Waals surface area (Å²) < 4.78 is 33.5. The van der Waals surface area contributed by atoms with Crippen molar-refractivity contribution < 1.29 is 17.9 Å². The Hall–Kier alpha value is -3.32. The quantitative estimate of drug-likeness (QED) is 0.564. The Morgan fingerprint density at radius 1 is 0.968 bits per heavy atom. The van der Waals surface area contributed by atoms with E-state index in [-0.39, 0.29) is 16.8 Å². The van der Waals surface area contributed by atoms with Gasteiger partial charge in [-0.05, 0) is 56.7 Å². The molecular weight excluding hydrogens is 412 g/mol. The fourth-order valence-corrected chi connectivity index (χ4v) is 4.30. The number of para-hydroxylation sites is 1. The Bertz CT molecular complexity index is 1190. The van der Waals surface area contributed by atoms with E-state index < -0.39 is 10.0 Å². The van der Waals surface area contributed by atoms with Gasteiger partial charge < -0.3 is 10.1 Å². The molecule has 0 bridgehead atoms. The number of ether oxygens (including phenoxy) is 1. The van der Waals surface area contributed by atoms with E-state index in [0.717, 1.165) is 11.1 Å². The summed E-state index contributed by atoms with van der Waals surface area (Å²) in [6.45, 7) is 5.54. The smallest absolute Gasteiger partial charge is 0.261 e. The highest BCUT2D eigenvalue weighted by atomic mass is 32.2. The van der Waals surface area contributed by atoms with Gasteiger partial charge in [-0.25, -0.2) is 8.42 Å². The predicted octanol–water partition coefficient (Wildman–Crippen LogP) is 4.60. The summed E-state index contributed by atoms with van der Waals surface area (Å²) in [5, 5.41) is 2.94. The van der Waals surface area contributed by atoms with Crippen LogP contribution in [0.25, 0.3) is 0 Å². The summed E-state index contributed by atoms with van der Waals surface area (Å²) in [5.74, 6) is 0.375. The number of hydrogen-bond donors (Lipinski definition) is 2. The Morgan fingerprint density at radius 2 is 1.65 bits per heavy atom. The molecule has 1 unspecified atom stereocenters. The average Bonchev–Trinajstić information content (AvgIpc) is 2.75. The molecule has 31 heavy (non-hydrogen) atoms. The van der Waals surface area contributed by atoms with E-state index in [1.165, 1.54) is 0 Å². The van der Waals surface area contributed by atoms with Gasteiger partial charge in [-0.3, -0.25) is 9.52 Å². The van der Waals surface area contributed by atoms with Crippen molar-refractivity contribution in [2.75, 3.05) is 11.8 Å². The Labute approximate surface area is 183 Å². The number of sulfonamides is 1. The number of nitrogens with one attached hydrogen (secondary N) is 2. The number of amides is 1. The molecule has 1 amide bonds. The molecule has 0 aliphatic heterocycles. The SMILES string of the molecule is COc1ccccc1C(C)NC(=O)c1ccc(C)c(NS(=O)(=O)c2ccc(C)cc2)c1. The molecular formula is C24H26N2O4S. The highest BCUT2D eigenvalue weighted by Gasteiger charge is 2.18. The van der Waals surface area contributed by atoms with Crippen molar-refractivity contribution in [2.24, 2.45) is 0 Å². The van der Waals surface area contributed by atoms with Crippen LogP contribution < -0.4 is 14.8 Å². The highest BCUT2D eigenvalue weighted by molar-refractivity contribution is 7.92. The largest absolute Gasteiger partial charge is 0.496 e. The second-order valence-electron chi connectivity index (χ2n) is 7.39. The zero-order chi connectivity index (χ0) is 22.6. The lowest BCUT2D eigenvalue weighted by atomic mass is 10.1. The third kappa shape index (κ3) is 5.24. The Morgan fingerprint density at radius 3 is 2.32 bits per heavy atom. The van der Waals surface area contributed by atoms with Crippen LogP contribution in [-0.2, 0) is 10.0 Å². The fraction of sp³-hybridized carbons (Fsp3) is 0.208. The first-order valence-corrected chi connectivity index (χ1v) is 11.3. The second kappa shape index (κ2) is 9.22. The van der Waals surface area contributed by atoms with Crippen LogP contribution in [0.5, 0.6) is 5.75 Å². The van der Waals surface area contributed by atoms with E-state index in [2.05, 4.69) is 10.0 Å². The van der Waals surface area contributed by atoms with Gasteiger partial charge in [0, 0.05) is 11.1 Å². The van der Waals surface area contributed by atoms with Crippen LogP contribution in [0, 0.1) is 13.8 Å². The van der Waals surface area contributed by atoms with E-state index in [4.69, 9.17) is 4.74 Å². The maximum atomic E-state index is 12.8. The predicted molar refractivity (Wildman–Crippen MR) is 122 cm³/mol. The highest BCUT2D eigenvalue weighted by Crippen LogP contribution is 2.26. The lowest BCUT2D eigenvalue weighted by Gasteiger charge is -2.18. The molecule has 1 atom stereocenters. The molecule has 0 saturated heterocycles. The summed E-state index contributed by atoms with van der Waals surface area (Å²) in [6, 6.07) is 18.7. The monoisotopic (exact) mass is 438 g/mol.